The second-order valence-corrected chi connectivity index (χ2v) is 7.80. The van der Waals surface area contributed by atoms with Gasteiger partial charge in [0.05, 0.1) is 22.3 Å². The molecule has 10 nitrogen and oxygen atoms in total. The number of aromatic nitrogens is 4. The zero-order chi connectivity index (χ0) is 22.3. The van der Waals surface area contributed by atoms with Gasteiger partial charge in [0.2, 0.25) is 11.9 Å². The van der Waals surface area contributed by atoms with Gasteiger partial charge in [-0.2, -0.15) is 5.10 Å². The van der Waals surface area contributed by atoms with Gasteiger partial charge >= 0.3 is 0 Å². The fourth-order valence-electron chi connectivity index (χ4n) is 3.88. The quantitative estimate of drug-likeness (QED) is 0.508. The number of benzene rings is 1. The van der Waals surface area contributed by atoms with Crippen molar-refractivity contribution in [3.05, 3.63) is 34.1 Å². The van der Waals surface area contributed by atoms with Gasteiger partial charge in [0.1, 0.15) is 23.6 Å². The Morgan fingerprint density at radius 3 is 2.84 bits per heavy atom. The number of rotatable bonds is 7. The van der Waals surface area contributed by atoms with Crippen LogP contribution in [0.1, 0.15) is 52.3 Å². The molecule has 0 saturated carbocycles. The molecule has 0 fully saturated rings. The molecular formula is C20H24ClN7O3. The number of halogens is 1. The van der Waals surface area contributed by atoms with Crippen molar-refractivity contribution in [3.63, 3.8) is 0 Å². The van der Waals surface area contributed by atoms with Crippen LogP contribution in [0.5, 0.6) is 5.75 Å². The predicted octanol–water partition coefficient (Wildman–Crippen LogP) is 2.24. The third kappa shape index (κ3) is 3.61. The Balaban J connectivity index is 1.82. The molecule has 3 heterocycles. The number of carbonyl (C=O) groups is 2. The first-order chi connectivity index (χ1) is 14.8. The van der Waals surface area contributed by atoms with Crippen LogP contribution in [0, 0.1) is 6.92 Å². The number of imidazole rings is 1. The summed E-state index contributed by atoms with van der Waals surface area (Å²) >= 11 is 6.34. The summed E-state index contributed by atoms with van der Waals surface area (Å²) in [5.41, 5.74) is 13.5. The maximum absolute atomic E-state index is 13.1. The summed E-state index contributed by atoms with van der Waals surface area (Å²) in [5, 5.41) is 7.48. The van der Waals surface area contributed by atoms with Crippen molar-refractivity contribution in [2.45, 2.75) is 39.3 Å². The Bertz CT molecular complexity index is 1180. The van der Waals surface area contributed by atoms with E-state index in [1.165, 1.54) is 0 Å². The number of amides is 2. The summed E-state index contributed by atoms with van der Waals surface area (Å²) in [6, 6.07) is 3.11. The Morgan fingerprint density at radius 2 is 2.16 bits per heavy atom. The molecule has 0 saturated heterocycles. The lowest BCUT2D eigenvalue weighted by Gasteiger charge is -2.27. The van der Waals surface area contributed by atoms with E-state index >= 15 is 0 Å². The van der Waals surface area contributed by atoms with Crippen LogP contribution in [0.25, 0.3) is 11.0 Å². The summed E-state index contributed by atoms with van der Waals surface area (Å²) in [7, 11) is 0. The van der Waals surface area contributed by atoms with E-state index in [4.69, 9.17) is 27.8 Å². The summed E-state index contributed by atoms with van der Waals surface area (Å²) in [6.45, 7) is 5.01. The van der Waals surface area contributed by atoms with Crippen LogP contribution in [0.3, 0.4) is 0 Å². The van der Waals surface area contributed by atoms with E-state index in [0.717, 1.165) is 12.8 Å². The Morgan fingerprint density at radius 1 is 1.39 bits per heavy atom. The molecule has 11 heteroatoms. The maximum Gasteiger partial charge on any atom is 0.277 e. The minimum atomic E-state index is -0.582. The van der Waals surface area contributed by atoms with Crippen LogP contribution >= 0.6 is 11.6 Å². The number of aryl methyl sites for hydroxylation is 2. The van der Waals surface area contributed by atoms with Gasteiger partial charge in [0.15, 0.2) is 0 Å². The number of anilines is 1. The molecule has 2 amide bonds. The minimum Gasteiger partial charge on any atom is -0.489 e. The van der Waals surface area contributed by atoms with Gasteiger partial charge in [-0.3, -0.25) is 19.6 Å². The van der Waals surface area contributed by atoms with E-state index < -0.39 is 11.8 Å². The molecule has 1 aromatic carbocycles. The molecule has 164 valence electrons. The second kappa shape index (κ2) is 8.20. The highest BCUT2D eigenvalue weighted by Crippen LogP contribution is 2.38. The third-order valence-corrected chi connectivity index (χ3v) is 5.82. The number of hydrogen-bond donors (Lipinski definition) is 3. The van der Waals surface area contributed by atoms with Crippen LogP contribution in [0.4, 0.5) is 5.95 Å². The molecule has 1 aliphatic heterocycles. The van der Waals surface area contributed by atoms with Crippen LogP contribution < -0.4 is 21.5 Å². The van der Waals surface area contributed by atoms with Crippen molar-refractivity contribution in [3.8, 4) is 5.75 Å². The number of nitrogens with zero attached hydrogens (tertiary/aromatic N) is 4. The zero-order valence-corrected chi connectivity index (χ0v) is 18.1. The van der Waals surface area contributed by atoms with E-state index in [1.54, 1.807) is 23.7 Å². The number of ether oxygens (including phenoxy) is 1. The van der Waals surface area contributed by atoms with Gasteiger partial charge in [0, 0.05) is 12.1 Å². The monoisotopic (exact) mass is 445 g/mol. The average molecular weight is 446 g/mol. The molecule has 31 heavy (non-hydrogen) atoms. The minimum absolute atomic E-state index is 0.0796. The smallest absolute Gasteiger partial charge is 0.277 e. The molecule has 0 unspecified atom stereocenters. The van der Waals surface area contributed by atoms with Crippen molar-refractivity contribution in [1.29, 1.82) is 0 Å². The van der Waals surface area contributed by atoms with E-state index in [0.29, 0.717) is 53.1 Å². The summed E-state index contributed by atoms with van der Waals surface area (Å²) in [5.74, 6) is -0.164. The van der Waals surface area contributed by atoms with Gasteiger partial charge in [-0.1, -0.05) is 11.6 Å². The molecule has 1 aliphatic rings. The largest absolute Gasteiger partial charge is 0.489 e. The van der Waals surface area contributed by atoms with Crippen molar-refractivity contribution in [1.82, 2.24) is 19.3 Å². The summed E-state index contributed by atoms with van der Waals surface area (Å²) < 4.78 is 9.38. The normalized spacial score (nSPS) is 15.2. The van der Waals surface area contributed by atoms with Crippen LogP contribution in [0.15, 0.2) is 12.1 Å². The van der Waals surface area contributed by atoms with Gasteiger partial charge in [0.25, 0.3) is 5.91 Å². The maximum atomic E-state index is 13.1. The molecule has 1 atom stereocenters. The lowest BCUT2D eigenvalue weighted by atomic mass is 10.1. The fourth-order valence-corrected chi connectivity index (χ4v) is 4.10. The highest BCUT2D eigenvalue weighted by molar-refractivity contribution is 6.34. The van der Waals surface area contributed by atoms with E-state index in [1.807, 2.05) is 11.5 Å². The third-order valence-electron chi connectivity index (χ3n) is 5.37. The summed E-state index contributed by atoms with van der Waals surface area (Å²) in [6.07, 6.45) is 1.53. The number of nitrogens with one attached hydrogen (secondary N) is 1. The highest BCUT2D eigenvalue weighted by atomic mass is 35.5. The second-order valence-electron chi connectivity index (χ2n) is 7.43. The van der Waals surface area contributed by atoms with Gasteiger partial charge in [-0.05, 0) is 45.4 Å². The topological polar surface area (TPSA) is 143 Å². The molecule has 0 bridgehead atoms. The van der Waals surface area contributed by atoms with Gasteiger partial charge in [-0.15, -0.1) is 0 Å². The lowest BCUT2D eigenvalue weighted by Crippen LogP contribution is -2.26. The molecule has 0 spiro atoms. The fraction of sp³-hybridized carbons (Fsp3) is 0.400. The zero-order valence-electron chi connectivity index (χ0n) is 17.3. The number of nitrogens with two attached hydrogens (primary N) is 2. The molecule has 2 aromatic heterocycles. The first kappa shape index (κ1) is 21.1. The Labute approximate surface area is 183 Å². The van der Waals surface area contributed by atoms with E-state index in [-0.39, 0.29) is 17.3 Å². The molecular weight excluding hydrogens is 422 g/mol. The number of carbonyl (C=O) groups excluding carboxylic acids is 2. The Hall–Kier alpha value is -3.11. The first-order valence-electron chi connectivity index (χ1n) is 10.1. The van der Waals surface area contributed by atoms with E-state index in [9.17, 15) is 9.59 Å². The van der Waals surface area contributed by atoms with Crippen LogP contribution in [0.2, 0.25) is 5.02 Å². The Kier molecular flexibility index (Phi) is 5.59. The molecule has 3 aromatic rings. The first-order valence-corrected chi connectivity index (χ1v) is 10.5. The summed E-state index contributed by atoms with van der Waals surface area (Å²) in [4.78, 5) is 29.4. The van der Waals surface area contributed by atoms with Crippen LogP contribution in [-0.2, 0) is 6.54 Å². The van der Waals surface area contributed by atoms with Gasteiger partial charge in [-0.25, -0.2) is 4.98 Å². The standard InChI is InChI=1S/C20H24ClN7O3/c1-3-27-17(15(21)10(2)26-27)19(30)25-20-24-13-7-11(18(23)29)8-14-16(13)28(20)12(9-31-14)5-4-6-22/h7-8,12H,3-6,9,22H2,1-2H3,(H2,23,29)(H,24,25,30)/t12-/m0/s1. The highest BCUT2D eigenvalue weighted by Gasteiger charge is 2.30. The molecule has 4 rings (SSSR count). The lowest BCUT2D eigenvalue weighted by molar-refractivity contribution is 0.0995. The predicted molar refractivity (Wildman–Crippen MR) is 117 cm³/mol. The molecule has 0 aliphatic carbocycles. The van der Waals surface area contributed by atoms with Crippen LogP contribution in [-0.4, -0.2) is 44.3 Å². The number of hydrogen-bond acceptors (Lipinski definition) is 6. The molecule has 0 radical (unpaired) electrons. The molecule has 5 N–H and O–H groups in total. The number of primary amides is 1. The van der Waals surface area contributed by atoms with Crippen molar-refractivity contribution in [2.75, 3.05) is 18.5 Å². The SMILES string of the molecule is CCn1nc(C)c(Cl)c1C(=O)Nc1nc2cc(C(N)=O)cc3c2n1[C@@H](CCCN)CO3. The van der Waals surface area contributed by atoms with E-state index in [2.05, 4.69) is 15.4 Å². The van der Waals surface area contributed by atoms with Crippen molar-refractivity contribution < 1.29 is 14.3 Å². The van der Waals surface area contributed by atoms with Gasteiger partial charge < -0.3 is 20.8 Å². The average Bonchev–Trinajstić information content (AvgIpc) is 3.25. The van der Waals surface area contributed by atoms with Crippen molar-refractivity contribution in [2.24, 2.45) is 11.5 Å². The van der Waals surface area contributed by atoms with Crippen molar-refractivity contribution >= 4 is 40.4 Å².